The first-order valence-corrected chi connectivity index (χ1v) is 5.96. The van der Waals surface area contributed by atoms with E-state index in [0.717, 1.165) is 5.69 Å². The molecule has 100 valence electrons. The summed E-state index contributed by atoms with van der Waals surface area (Å²) in [7, 11) is 0. The second-order valence-electron chi connectivity index (χ2n) is 4.39. The second-order valence-corrected chi connectivity index (χ2v) is 4.39. The highest BCUT2D eigenvalue weighted by molar-refractivity contribution is 5.90. The summed E-state index contributed by atoms with van der Waals surface area (Å²) < 4.78 is 0. The smallest absolute Gasteiger partial charge is 0.291 e. The fourth-order valence-corrected chi connectivity index (χ4v) is 1.66. The van der Waals surface area contributed by atoms with E-state index >= 15 is 0 Å². The van der Waals surface area contributed by atoms with Crippen LogP contribution in [0.3, 0.4) is 0 Å². The Kier molecular flexibility index (Phi) is 3.74. The summed E-state index contributed by atoms with van der Waals surface area (Å²) in [6.07, 6.45) is 1.70. The van der Waals surface area contributed by atoms with E-state index in [4.69, 9.17) is 5.73 Å². The van der Waals surface area contributed by atoms with Crippen molar-refractivity contribution in [2.45, 2.75) is 26.4 Å². The molecular weight excluding hydrogens is 244 g/mol. The fourth-order valence-electron chi connectivity index (χ4n) is 1.66. The number of nitrogens with two attached hydrogens (primary N) is 1. The molecule has 0 radical (unpaired) electrons. The molecule has 0 spiro atoms. The van der Waals surface area contributed by atoms with Gasteiger partial charge in [0.05, 0.1) is 12.2 Å². The van der Waals surface area contributed by atoms with E-state index in [9.17, 15) is 4.79 Å². The van der Waals surface area contributed by atoms with Crippen LogP contribution in [0, 0.1) is 0 Å². The van der Waals surface area contributed by atoms with Crippen molar-refractivity contribution in [3.8, 4) is 0 Å². The van der Waals surface area contributed by atoms with Crippen molar-refractivity contribution in [3.05, 3.63) is 35.9 Å². The first-order valence-electron chi connectivity index (χ1n) is 5.96. The third-order valence-electron chi connectivity index (χ3n) is 2.65. The average molecular weight is 260 g/mol. The number of aromatic amines is 1. The van der Waals surface area contributed by atoms with Crippen LogP contribution in [0.5, 0.6) is 0 Å². The molecule has 2 aromatic heterocycles. The van der Waals surface area contributed by atoms with Gasteiger partial charge in [0.2, 0.25) is 11.8 Å². The maximum atomic E-state index is 12.3. The molecule has 0 aliphatic carbocycles. The second kappa shape index (κ2) is 5.47. The Bertz CT molecular complexity index is 550. The highest BCUT2D eigenvalue weighted by atomic mass is 16.2. The van der Waals surface area contributed by atoms with E-state index in [0.29, 0.717) is 6.54 Å². The topological polar surface area (TPSA) is 101 Å². The van der Waals surface area contributed by atoms with Crippen molar-refractivity contribution in [2.75, 3.05) is 5.73 Å². The lowest BCUT2D eigenvalue weighted by molar-refractivity contribution is 0.0675. The Morgan fingerprint density at radius 2 is 2.26 bits per heavy atom. The lowest BCUT2D eigenvalue weighted by Crippen LogP contribution is -2.37. The third-order valence-corrected chi connectivity index (χ3v) is 2.65. The molecule has 2 aromatic rings. The molecule has 0 aliphatic rings. The highest BCUT2D eigenvalue weighted by Gasteiger charge is 2.22. The van der Waals surface area contributed by atoms with E-state index in [1.807, 2.05) is 32.0 Å². The molecule has 0 atom stereocenters. The Balaban J connectivity index is 2.19. The number of H-pyrrole nitrogens is 1. The van der Waals surface area contributed by atoms with Gasteiger partial charge < -0.3 is 10.6 Å². The predicted molar refractivity (Wildman–Crippen MR) is 70.0 cm³/mol. The number of nitrogen functional groups attached to an aromatic ring is 1. The number of pyridine rings is 1. The summed E-state index contributed by atoms with van der Waals surface area (Å²) in [5, 5.41) is 6.19. The zero-order chi connectivity index (χ0) is 13.8. The van der Waals surface area contributed by atoms with Crippen molar-refractivity contribution in [1.82, 2.24) is 25.1 Å². The van der Waals surface area contributed by atoms with Crippen molar-refractivity contribution in [2.24, 2.45) is 0 Å². The molecule has 19 heavy (non-hydrogen) atoms. The van der Waals surface area contributed by atoms with Crippen LogP contribution in [-0.4, -0.2) is 37.0 Å². The fraction of sp³-hybridized carbons (Fsp3) is 0.333. The van der Waals surface area contributed by atoms with Gasteiger partial charge in [-0.2, -0.15) is 4.98 Å². The van der Waals surface area contributed by atoms with Crippen LogP contribution in [0.4, 0.5) is 5.95 Å². The molecule has 3 N–H and O–H groups in total. The maximum absolute atomic E-state index is 12.3. The van der Waals surface area contributed by atoms with E-state index < -0.39 is 0 Å². The molecule has 0 bridgehead atoms. The van der Waals surface area contributed by atoms with E-state index in [2.05, 4.69) is 20.2 Å². The van der Waals surface area contributed by atoms with Gasteiger partial charge in [0.1, 0.15) is 0 Å². The van der Waals surface area contributed by atoms with Crippen molar-refractivity contribution in [1.29, 1.82) is 0 Å². The molecule has 1 amide bonds. The van der Waals surface area contributed by atoms with E-state index in [1.54, 1.807) is 11.1 Å². The molecule has 0 aliphatic heterocycles. The van der Waals surface area contributed by atoms with Crippen molar-refractivity contribution in [3.63, 3.8) is 0 Å². The van der Waals surface area contributed by atoms with Gasteiger partial charge >= 0.3 is 0 Å². The van der Waals surface area contributed by atoms with Crippen LogP contribution in [0.1, 0.15) is 30.2 Å². The van der Waals surface area contributed by atoms with Crippen molar-refractivity contribution < 1.29 is 4.79 Å². The Morgan fingerprint density at radius 3 is 2.79 bits per heavy atom. The molecule has 0 saturated heterocycles. The Morgan fingerprint density at radius 1 is 1.47 bits per heavy atom. The normalized spacial score (nSPS) is 10.7. The van der Waals surface area contributed by atoms with Gasteiger partial charge in [-0.05, 0) is 26.0 Å². The maximum Gasteiger partial charge on any atom is 0.291 e. The summed E-state index contributed by atoms with van der Waals surface area (Å²) >= 11 is 0. The number of amides is 1. The standard InChI is InChI=1S/C12H16N6O/c1-8(2)18(7-9-5-3-4-6-14-9)11(19)10-15-12(13)17-16-10/h3-6,8H,7H2,1-2H3,(H3,13,15,16,17). The van der Waals surface area contributed by atoms with Gasteiger partial charge in [0.25, 0.3) is 5.91 Å². The number of rotatable bonds is 4. The van der Waals surface area contributed by atoms with Gasteiger partial charge in [0, 0.05) is 12.2 Å². The molecule has 2 rings (SSSR count). The number of carbonyl (C=O) groups excluding carboxylic acids is 1. The Labute approximate surface area is 110 Å². The monoisotopic (exact) mass is 260 g/mol. The summed E-state index contributed by atoms with van der Waals surface area (Å²) in [5.41, 5.74) is 6.23. The van der Waals surface area contributed by atoms with Gasteiger partial charge in [-0.1, -0.05) is 6.07 Å². The van der Waals surface area contributed by atoms with Crippen LogP contribution < -0.4 is 5.73 Å². The lowest BCUT2D eigenvalue weighted by atomic mass is 10.2. The lowest BCUT2D eigenvalue weighted by Gasteiger charge is -2.25. The molecule has 0 aromatic carbocycles. The number of anilines is 1. The van der Waals surface area contributed by atoms with Gasteiger partial charge in [-0.3, -0.25) is 14.9 Å². The molecule has 2 heterocycles. The van der Waals surface area contributed by atoms with Crippen LogP contribution in [-0.2, 0) is 6.54 Å². The number of nitrogens with zero attached hydrogens (tertiary/aromatic N) is 4. The van der Waals surface area contributed by atoms with E-state index in [1.165, 1.54) is 0 Å². The minimum absolute atomic E-state index is 0.0147. The zero-order valence-corrected chi connectivity index (χ0v) is 10.9. The first-order chi connectivity index (χ1) is 9.08. The summed E-state index contributed by atoms with van der Waals surface area (Å²) in [4.78, 5) is 22.0. The van der Waals surface area contributed by atoms with Crippen LogP contribution >= 0.6 is 0 Å². The first kappa shape index (κ1) is 13.0. The largest absolute Gasteiger partial charge is 0.366 e. The molecule has 7 heteroatoms. The van der Waals surface area contributed by atoms with Gasteiger partial charge in [-0.25, -0.2) is 0 Å². The van der Waals surface area contributed by atoms with E-state index in [-0.39, 0.29) is 23.7 Å². The van der Waals surface area contributed by atoms with Gasteiger partial charge in [-0.15, -0.1) is 5.10 Å². The Hall–Kier alpha value is -2.44. The summed E-state index contributed by atoms with van der Waals surface area (Å²) in [6.45, 7) is 4.28. The molecule has 7 nitrogen and oxygen atoms in total. The predicted octanol–water partition coefficient (Wildman–Crippen LogP) is 0.833. The number of carbonyl (C=O) groups is 1. The number of aromatic nitrogens is 4. The highest BCUT2D eigenvalue weighted by Crippen LogP contribution is 2.10. The molecule has 0 saturated carbocycles. The van der Waals surface area contributed by atoms with Gasteiger partial charge in [0.15, 0.2) is 0 Å². The minimum atomic E-state index is -0.246. The van der Waals surface area contributed by atoms with Crippen LogP contribution in [0.25, 0.3) is 0 Å². The zero-order valence-electron chi connectivity index (χ0n) is 10.9. The number of hydrogen-bond acceptors (Lipinski definition) is 5. The average Bonchev–Trinajstić information content (AvgIpc) is 2.83. The summed E-state index contributed by atoms with van der Waals surface area (Å²) in [5.74, 6) is -0.0446. The number of nitrogens with one attached hydrogen (secondary N) is 1. The summed E-state index contributed by atoms with van der Waals surface area (Å²) in [6, 6.07) is 5.61. The SMILES string of the molecule is CC(C)N(Cc1ccccn1)C(=O)c1nc(N)n[nH]1. The number of hydrogen-bond donors (Lipinski definition) is 2. The molecule has 0 unspecified atom stereocenters. The van der Waals surface area contributed by atoms with Crippen LogP contribution in [0.15, 0.2) is 24.4 Å². The van der Waals surface area contributed by atoms with Crippen LogP contribution in [0.2, 0.25) is 0 Å². The quantitative estimate of drug-likeness (QED) is 0.848. The molecule has 0 fully saturated rings. The van der Waals surface area contributed by atoms with Crippen molar-refractivity contribution >= 4 is 11.9 Å². The third kappa shape index (κ3) is 3.06. The minimum Gasteiger partial charge on any atom is -0.366 e. The molecular formula is C12H16N6O.